The number of hydrogen-bond donors (Lipinski definition) is 1. The molecule has 0 bridgehead atoms. The van der Waals surface area contributed by atoms with E-state index in [1.807, 2.05) is 6.26 Å². The monoisotopic (exact) mass is 216 g/mol. The lowest BCUT2D eigenvalue weighted by Gasteiger charge is -2.41. The summed E-state index contributed by atoms with van der Waals surface area (Å²) in [5.41, 5.74) is -0.703. The Balaban J connectivity index is 2.76. The zero-order valence-corrected chi connectivity index (χ0v) is 9.61. The quantitative estimate of drug-likeness (QED) is 0.711. The van der Waals surface area contributed by atoms with Crippen LogP contribution in [0.1, 0.15) is 13.8 Å². The summed E-state index contributed by atoms with van der Waals surface area (Å²) in [4.78, 5) is 24.9. The smallest absolute Gasteiger partial charge is 0.245 e. The lowest BCUT2D eigenvalue weighted by Crippen LogP contribution is -2.63. The second-order valence-electron chi connectivity index (χ2n) is 3.79. The number of rotatable bonds is 2. The topological polar surface area (TPSA) is 49.4 Å². The van der Waals surface area contributed by atoms with Gasteiger partial charge in [-0.05, 0) is 20.1 Å². The normalized spacial score (nSPS) is 20.5. The fourth-order valence-corrected chi connectivity index (χ4v) is 1.94. The number of carbonyl (C=O) groups is 2. The van der Waals surface area contributed by atoms with E-state index < -0.39 is 5.54 Å². The van der Waals surface area contributed by atoms with Gasteiger partial charge in [0.1, 0.15) is 5.54 Å². The van der Waals surface area contributed by atoms with Gasteiger partial charge in [-0.2, -0.15) is 11.8 Å². The first-order valence-corrected chi connectivity index (χ1v) is 5.97. The highest BCUT2D eigenvalue weighted by Crippen LogP contribution is 2.18. The van der Waals surface area contributed by atoms with E-state index in [4.69, 9.17) is 0 Å². The zero-order chi connectivity index (χ0) is 10.8. The van der Waals surface area contributed by atoms with Gasteiger partial charge in [-0.15, -0.1) is 0 Å². The van der Waals surface area contributed by atoms with Gasteiger partial charge in [0, 0.05) is 13.1 Å². The van der Waals surface area contributed by atoms with Gasteiger partial charge in [0.25, 0.3) is 0 Å². The summed E-state index contributed by atoms with van der Waals surface area (Å²) in [6.07, 6.45) is 1.88. The predicted molar refractivity (Wildman–Crippen MR) is 57.2 cm³/mol. The van der Waals surface area contributed by atoms with Crippen molar-refractivity contribution in [3.05, 3.63) is 0 Å². The van der Waals surface area contributed by atoms with Crippen molar-refractivity contribution in [1.82, 2.24) is 10.2 Å². The number of piperazine rings is 1. The Bertz CT molecular complexity index is 253. The maximum absolute atomic E-state index is 11.7. The number of carbonyl (C=O) groups excluding carboxylic acids is 2. The molecular weight excluding hydrogens is 200 g/mol. The van der Waals surface area contributed by atoms with E-state index in [0.717, 1.165) is 0 Å². The maximum Gasteiger partial charge on any atom is 0.245 e. The summed E-state index contributed by atoms with van der Waals surface area (Å²) in [7, 11) is 0. The van der Waals surface area contributed by atoms with Crippen molar-refractivity contribution in [2.75, 3.05) is 25.1 Å². The lowest BCUT2D eigenvalue weighted by molar-refractivity contribution is -0.147. The minimum absolute atomic E-state index is 0.0392. The van der Waals surface area contributed by atoms with Crippen LogP contribution >= 0.6 is 11.8 Å². The van der Waals surface area contributed by atoms with E-state index >= 15 is 0 Å². The van der Waals surface area contributed by atoms with Gasteiger partial charge in [0.15, 0.2) is 0 Å². The van der Waals surface area contributed by atoms with E-state index in [-0.39, 0.29) is 11.8 Å². The summed E-state index contributed by atoms with van der Waals surface area (Å²) in [6, 6.07) is 0. The molecule has 1 heterocycles. The summed E-state index contributed by atoms with van der Waals surface area (Å²) in [5, 5.41) is 2.76. The third kappa shape index (κ3) is 2.03. The van der Waals surface area contributed by atoms with Crippen molar-refractivity contribution in [3.63, 3.8) is 0 Å². The fraction of sp³-hybridized carbons (Fsp3) is 0.778. The lowest BCUT2D eigenvalue weighted by atomic mass is 9.99. The van der Waals surface area contributed by atoms with Crippen LogP contribution in [0.3, 0.4) is 0 Å². The van der Waals surface area contributed by atoms with E-state index in [9.17, 15) is 9.59 Å². The molecule has 0 unspecified atom stereocenters. The second-order valence-corrected chi connectivity index (χ2v) is 4.66. The third-order valence-electron chi connectivity index (χ3n) is 2.42. The van der Waals surface area contributed by atoms with Crippen molar-refractivity contribution in [2.24, 2.45) is 0 Å². The van der Waals surface area contributed by atoms with Crippen molar-refractivity contribution < 1.29 is 9.59 Å². The Morgan fingerprint density at radius 3 is 2.86 bits per heavy atom. The molecule has 4 nitrogen and oxygen atoms in total. The molecule has 0 saturated carbocycles. The number of hydrogen-bond acceptors (Lipinski definition) is 3. The minimum atomic E-state index is -0.703. The highest BCUT2D eigenvalue weighted by atomic mass is 32.2. The molecule has 1 aliphatic rings. The largest absolute Gasteiger partial charge is 0.352 e. The van der Waals surface area contributed by atoms with Crippen molar-refractivity contribution in [2.45, 2.75) is 19.4 Å². The van der Waals surface area contributed by atoms with Gasteiger partial charge in [0.05, 0.1) is 5.75 Å². The number of thioether (sulfide) groups is 1. The summed E-state index contributed by atoms with van der Waals surface area (Å²) in [6.45, 7) is 4.72. The van der Waals surface area contributed by atoms with Gasteiger partial charge in [-0.1, -0.05) is 0 Å². The first-order valence-electron chi connectivity index (χ1n) is 4.58. The van der Waals surface area contributed by atoms with Crippen molar-refractivity contribution in [3.8, 4) is 0 Å². The first kappa shape index (κ1) is 11.4. The molecule has 0 atom stereocenters. The minimum Gasteiger partial charge on any atom is -0.352 e. The number of nitrogens with zero attached hydrogens (tertiary/aromatic N) is 1. The summed E-state index contributed by atoms with van der Waals surface area (Å²) in [5.74, 6) is 0.409. The summed E-state index contributed by atoms with van der Waals surface area (Å²) >= 11 is 1.48. The Morgan fingerprint density at radius 1 is 1.64 bits per heavy atom. The number of amides is 2. The van der Waals surface area contributed by atoms with Crippen LogP contribution in [0.5, 0.6) is 0 Å². The van der Waals surface area contributed by atoms with Crippen LogP contribution in [0.25, 0.3) is 0 Å². The molecule has 0 aromatic heterocycles. The van der Waals surface area contributed by atoms with E-state index in [1.54, 1.807) is 18.7 Å². The predicted octanol–water partition coefficient (Wildman–Crippen LogP) is 0.0864. The van der Waals surface area contributed by atoms with Crippen LogP contribution in [0.4, 0.5) is 0 Å². The van der Waals surface area contributed by atoms with Gasteiger partial charge in [-0.25, -0.2) is 0 Å². The van der Waals surface area contributed by atoms with Gasteiger partial charge in [-0.3, -0.25) is 9.59 Å². The molecule has 80 valence electrons. The highest BCUT2D eigenvalue weighted by Gasteiger charge is 2.39. The van der Waals surface area contributed by atoms with Crippen molar-refractivity contribution in [1.29, 1.82) is 0 Å². The highest BCUT2D eigenvalue weighted by molar-refractivity contribution is 7.99. The van der Waals surface area contributed by atoms with Crippen LogP contribution < -0.4 is 5.32 Å². The average Bonchev–Trinajstić information content (AvgIpc) is 2.10. The number of nitrogens with one attached hydrogen (secondary N) is 1. The molecule has 0 radical (unpaired) electrons. The van der Waals surface area contributed by atoms with E-state index in [1.165, 1.54) is 11.8 Å². The van der Waals surface area contributed by atoms with Crippen LogP contribution in [-0.2, 0) is 9.59 Å². The van der Waals surface area contributed by atoms with E-state index in [2.05, 4.69) is 5.32 Å². The van der Waals surface area contributed by atoms with Crippen LogP contribution in [0.2, 0.25) is 0 Å². The molecule has 0 spiro atoms. The molecule has 0 aromatic rings. The van der Waals surface area contributed by atoms with Crippen molar-refractivity contribution >= 4 is 23.6 Å². The molecule has 1 N–H and O–H groups in total. The standard InChI is InChI=1S/C9H16N2O2S/c1-9(2)8(13)10-4-5-11(9)7(12)6-14-3/h4-6H2,1-3H3,(H,10,13). The van der Waals surface area contributed by atoms with Crippen LogP contribution in [0, 0.1) is 0 Å². The molecule has 14 heavy (non-hydrogen) atoms. The molecule has 2 amide bonds. The Kier molecular flexibility index (Phi) is 3.42. The SMILES string of the molecule is CSCC(=O)N1CCNC(=O)C1(C)C. The molecule has 0 aliphatic carbocycles. The van der Waals surface area contributed by atoms with Crippen LogP contribution in [-0.4, -0.2) is 47.4 Å². The third-order valence-corrected chi connectivity index (χ3v) is 2.96. The zero-order valence-electron chi connectivity index (χ0n) is 8.79. The fourth-order valence-electron chi connectivity index (χ4n) is 1.54. The molecule has 1 rings (SSSR count). The Labute approximate surface area is 88.4 Å². The maximum atomic E-state index is 11.7. The average molecular weight is 216 g/mol. The molecule has 1 aliphatic heterocycles. The second kappa shape index (κ2) is 4.21. The molecular formula is C9H16N2O2S. The van der Waals surface area contributed by atoms with Gasteiger partial charge >= 0.3 is 0 Å². The molecule has 1 fully saturated rings. The molecule has 1 saturated heterocycles. The van der Waals surface area contributed by atoms with Crippen LogP contribution in [0.15, 0.2) is 0 Å². The van der Waals surface area contributed by atoms with E-state index in [0.29, 0.717) is 18.8 Å². The Hall–Kier alpha value is -0.710. The first-order chi connectivity index (χ1) is 6.50. The van der Waals surface area contributed by atoms with Gasteiger partial charge < -0.3 is 10.2 Å². The molecule has 0 aromatic carbocycles. The summed E-state index contributed by atoms with van der Waals surface area (Å²) < 4.78 is 0. The van der Waals surface area contributed by atoms with Gasteiger partial charge in [0.2, 0.25) is 11.8 Å². The Morgan fingerprint density at radius 2 is 2.29 bits per heavy atom. The molecule has 5 heteroatoms.